The molecule has 4 fully saturated rings. The highest BCUT2D eigenvalue weighted by atomic mass is 16.7. The van der Waals surface area contributed by atoms with Gasteiger partial charge < -0.3 is 14.8 Å². The molecular formula is C20H35N3O3. The predicted molar refractivity (Wildman–Crippen MR) is 99.2 cm³/mol. The molecule has 0 aromatic rings. The van der Waals surface area contributed by atoms with Crippen LogP contribution in [0.2, 0.25) is 0 Å². The van der Waals surface area contributed by atoms with Crippen LogP contribution in [0.5, 0.6) is 0 Å². The zero-order valence-electron chi connectivity index (χ0n) is 16.3. The lowest BCUT2D eigenvalue weighted by Crippen LogP contribution is -2.46. The number of hydrogen-bond acceptors (Lipinski definition) is 5. The van der Waals surface area contributed by atoms with Crippen LogP contribution in [0.1, 0.15) is 65.2 Å². The Balaban J connectivity index is 1.19. The van der Waals surface area contributed by atoms with Crippen molar-refractivity contribution in [3.05, 3.63) is 0 Å². The molecule has 2 saturated heterocycles. The lowest BCUT2D eigenvalue weighted by molar-refractivity contribution is -0.127. The third-order valence-corrected chi connectivity index (χ3v) is 6.93. The number of rotatable bonds is 4. The first kappa shape index (κ1) is 18.7. The van der Waals surface area contributed by atoms with Crippen molar-refractivity contribution in [3.63, 3.8) is 0 Å². The molecular weight excluding hydrogens is 330 g/mol. The standard InChI is InChI=1S/C20H35N3O3/c1-13-9-14(2)23(22-13)11-15-3-5-16(6-4-15)20(24)21-17-7-8-18-19(10-17)26-12-25-18/h13-19,22H,3-12H2,1-2H3,(H,21,24). The van der Waals surface area contributed by atoms with Gasteiger partial charge in [0.15, 0.2) is 0 Å². The van der Waals surface area contributed by atoms with E-state index in [1.807, 2.05) is 0 Å². The summed E-state index contributed by atoms with van der Waals surface area (Å²) in [5.41, 5.74) is 3.59. The third kappa shape index (κ3) is 4.24. The van der Waals surface area contributed by atoms with E-state index in [1.165, 1.54) is 19.3 Å². The van der Waals surface area contributed by atoms with Crippen molar-refractivity contribution < 1.29 is 14.3 Å². The van der Waals surface area contributed by atoms with Crippen molar-refractivity contribution >= 4 is 5.91 Å². The molecule has 2 aliphatic carbocycles. The zero-order chi connectivity index (χ0) is 18.1. The van der Waals surface area contributed by atoms with E-state index in [0.29, 0.717) is 18.9 Å². The fourth-order valence-electron chi connectivity index (χ4n) is 5.35. The number of carbonyl (C=O) groups excluding carboxylic acids is 1. The molecule has 0 spiro atoms. The summed E-state index contributed by atoms with van der Waals surface area (Å²) in [6, 6.07) is 1.48. The van der Waals surface area contributed by atoms with Crippen molar-refractivity contribution in [1.29, 1.82) is 0 Å². The highest BCUT2D eigenvalue weighted by molar-refractivity contribution is 5.79. The van der Waals surface area contributed by atoms with Crippen LogP contribution in [0.25, 0.3) is 0 Å². The van der Waals surface area contributed by atoms with Crippen molar-refractivity contribution in [2.75, 3.05) is 13.3 Å². The number of fused-ring (bicyclic) bond motifs is 1. The first-order valence-corrected chi connectivity index (χ1v) is 10.6. The molecule has 6 heteroatoms. The number of hydrazine groups is 1. The fraction of sp³-hybridized carbons (Fsp3) is 0.950. The summed E-state index contributed by atoms with van der Waals surface area (Å²) in [6.07, 6.45) is 9.00. The minimum Gasteiger partial charge on any atom is -0.353 e. The lowest BCUT2D eigenvalue weighted by atomic mass is 9.81. The second-order valence-corrected chi connectivity index (χ2v) is 9.03. The molecule has 0 aromatic carbocycles. The summed E-state index contributed by atoms with van der Waals surface area (Å²) in [5.74, 6) is 1.19. The largest absolute Gasteiger partial charge is 0.353 e. The van der Waals surface area contributed by atoms with Gasteiger partial charge >= 0.3 is 0 Å². The van der Waals surface area contributed by atoms with Gasteiger partial charge in [0.25, 0.3) is 0 Å². The normalized spacial score (nSPS) is 44.0. The van der Waals surface area contributed by atoms with Crippen LogP contribution in [0.4, 0.5) is 0 Å². The number of carbonyl (C=O) groups is 1. The second-order valence-electron chi connectivity index (χ2n) is 9.03. The Morgan fingerprint density at radius 1 is 1.04 bits per heavy atom. The topological polar surface area (TPSA) is 62.8 Å². The summed E-state index contributed by atoms with van der Waals surface area (Å²) in [5, 5.41) is 5.73. The molecule has 1 amide bonds. The van der Waals surface area contributed by atoms with Gasteiger partial charge in [-0.1, -0.05) is 0 Å². The van der Waals surface area contributed by atoms with Gasteiger partial charge in [-0.25, -0.2) is 5.01 Å². The molecule has 6 nitrogen and oxygen atoms in total. The quantitative estimate of drug-likeness (QED) is 0.800. The number of nitrogens with zero attached hydrogens (tertiary/aromatic N) is 1. The van der Waals surface area contributed by atoms with E-state index in [9.17, 15) is 4.79 Å². The van der Waals surface area contributed by atoms with E-state index in [4.69, 9.17) is 9.47 Å². The molecule has 2 heterocycles. The Kier molecular flexibility index (Phi) is 5.84. The number of amides is 1. The van der Waals surface area contributed by atoms with Crippen molar-refractivity contribution in [3.8, 4) is 0 Å². The van der Waals surface area contributed by atoms with Crippen LogP contribution in [0.15, 0.2) is 0 Å². The number of hydrogen-bond donors (Lipinski definition) is 2. The van der Waals surface area contributed by atoms with E-state index in [2.05, 4.69) is 29.6 Å². The maximum absolute atomic E-state index is 12.7. The molecule has 2 aliphatic heterocycles. The highest BCUT2D eigenvalue weighted by Gasteiger charge is 2.37. The lowest BCUT2D eigenvalue weighted by Gasteiger charge is -2.34. The third-order valence-electron chi connectivity index (χ3n) is 6.93. The fourth-order valence-corrected chi connectivity index (χ4v) is 5.35. The zero-order valence-corrected chi connectivity index (χ0v) is 16.3. The number of nitrogens with one attached hydrogen (secondary N) is 2. The Hall–Kier alpha value is -0.690. The van der Waals surface area contributed by atoms with Gasteiger partial charge in [-0.3, -0.25) is 10.2 Å². The number of ether oxygens (including phenoxy) is 2. The van der Waals surface area contributed by atoms with Gasteiger partial charge in [-0.2, -0.15) is 0 Å². The maximum atomic E-state index is 12.7. The summed E-state index contributed by atoms with van der Waals surface area (Å²) >= 11 is 0. The van der Waals surface area contributed by atoms with Gasteiger partial charge in [0.1, 0.15) is 6.79 Å². The smallest absolute Gasteiger partial charge is 0.223 e. The van der Waals surface area contributed by atoms with Gasteiger partial charge in [0.05, 0.1) is 12.2 Å². The van der Waals surface area contributed by atoms with Gasteiger partial charge in [0, 0.05) is 30.6 Å². The van der Waals surface area contributed by atoms with Crippen LogP contribution in [-0.2, 0) is 14.3 Å². The SMILES string of the molecule is CC1CC(C)N(CC2CCC(C(=O)NC3CCC4OCOC4C3)CC2)N1. The molecule has 4 rings (SSSR count). The van der Waals surface area contributed by atoms with E-state index < -0.39 is 0 Å². The minimum absolute atomic E-state index is 0.183. The highest BCUT2D eigenvalue weighted by Crippen LogP contribution is 2.32. The van der Waals surface area contributed by atoms with Crippen molar-refractivity contribution in [2.45, 2.75) is 95.5 Å². The predicted octanol–water partition coefficient (Wildman–Crippen LogP) is 2.19. The molecule has 5 unspecified atom stereocenters. The minimum atomic E-state index is 0.183. The Morgan fingerprint density at radius 2 is 1.81 bits per heavy atom. The van der Waals surface area contributed by atoms with Crippen LogP contribution in [0, 0.1) is 11.8 Å². The molecule has 0 aromatic heterocycles. The van der Waals surface area contributed by atoms with E-state index in [0.717, 1.165) is 44.6 Å². The van der Waals surface area contributed by atoms with E-state index in [-0.39, 0.29) is 30.1 Å². The maximum Gasteiger partial charge on any atom is 0.223 e. The first-order valence-electron chi connectivity index (χ1n) is 10.6. The molecule has 148 valence electrons. The first-order chi connectivity index (χ1) is 12.6. The van der Waals surface area contributed by atoms with Gasteiger partial charge in [0.2, 0.25) is 5.91 Å². The molecule has 4 aliphatic rings. The van der Waals surface area contributed by atoms with Crippen LogP contribution in [0.3, 0.4) is 0 Å². The molecule has 26 heavy (non-hydrogen) atoms. The Morgan fingerprint density at radius 3 is 2.54 bits per heavy atom. The van der Waals surface area contributed by atoms with Crippen LogP contribution in [-0.4, -0.2) is 54.6 Å². The van der Waals surface area contributed by atoms with Crippen LogP contribution >= 0.6 is 0 Å². The molecule has 2 saturated carbocycles. The van der Waals surface area contributed by atoms with Crippen LogP contribution < -0.4 is 10.7 Å². The van der Waals surface area contributed by atoms with Crippen molar-refractivity contribution in [1.82, 2.24) is 15.8 Å². The molecule has 0 radical (unpaired) electrons. The Bertz CT molecular complexity index is 495. The van der Waals surface area contributed by atoms with Gasteiger partial charge in [-0.05, 0) is 71.1 Å². The summed E-state index contributed by atoms with van der Waals surface area (Å²) in [6.45, 7) is 6.11. The van der Waals surface area contributed by atoms with Gasteiger partial charge in [-0.15, -0.1) is 0 Å². The average molecular weight is 366 g/mol. The summed E-state index contributed by atoms with van der Waals surface area (Å²) < 4.78 is 11.2. The summed E-state index contributed by atoms with van der Waals surface area (Å²) in [4.78, 5) is 12.7. The monoisotopic (exact) mass is 365 g/mol. The molecule has 2 N–H and O–H groups in total. The van der Waals surface area contributed by atoms with Crippen molar-refractivity contribution in [2.24, 2.45) is 11.8 Å². The molecule has 5 atom stereocenters. The second kappa shape index (κ2) is 8.13. The Labute approximate surface area is 157 Å². The summed E-state index contributed by atoms with van der Waals surface area (Å²) in [7, 11) is 0. The van der Waals surface area contributed by atoms with E-state index >= 15 is 0 Å². The average Bonchev–Trinajstić information content (AvgIpc) is 3.21. The van der Waals surface area contributed by atoms with E-state index in [1.54, 1.807) is 0 Å². The molecule has 0 bridgehead atoms.